The van der Waals surface area contributed by atoms with Crippen LogP contribution in [-0.4, -0.2) is 32.7 Å². The van der Waals surface area contributed by atoms with Crippen molar-refractivity contribution < 1.29 is 14.7 Å². The molecule has 0 bridgehead atoms. The summed E-state index contributed by atoms with van der Waals surface area (Å²) in [5.74, 6) is -1.03. The fourth-order valence-corrected chi connectivity index (χ4v) is 4.59. The molecule has 146 valence electrons. The van der Waals surface area contributed by atoms with E-state index in [0.717, 1.165) is 22.7 Å². The first kappa shape index (κ1) is 20.4. The molecule has 2 aliphatic heterocycles. The molecule has 0 radical (unpaired) electrons. The molecule has 1 saturated heterocycles. The van der Waals surface area contributed by atoms with Crippen molar-refractivity contribution in [3.05, 3.63) is 64.4 Å². The first-order valence-electron chi connectivity index (χ1n) is 8.99. The van der Waals surface area contributed by atoms with Crippen molar-refractivity contribution >= 4 is 45.9 Å². The predicted molar refractivity (Wildman–Crippen MR) is 117 cm³/mol. The lowest BCUT2D eigenvalue weighted by Crippen LogP contribution is -2.29. The van der Waals surface area contributed by atoms with Crippen molar-refractivity contribution in [3.63, 3.8) is 0 Å². The normalized spacial score (nSPS) is 18.8. The number of thiocarbonyl (C=S) groups is 1. The molecular formula is C21H22N2O3S2. The molecule has 1 N–H and O–H groups in total. The van der Waals surface area contributed by atoms with Gasteiger partial charge in [0.15, 0.2) is 0 Å². The summed E-state index contributed by atoms with van der Waals surface area (Å²) >= 11 is 6.58. The van der Waals surface area contributed by atoms with E-state index in [0.29, 0.717) is 28.6 Å². The van der Waals surface area contributed by atoms with Crippen LogP contribution in [0.15, 0.2) is 58.8 Å². The second-order valence-electron chi connectivity index (χ2n) is 6.86. The maximum absolute atomic E-state index is 12.7. The zero-order valence-corrected chi connectivity index (χ0v) is 17.5. The van der Waals surface area contributed by atoms with Gasteiger partial charge >= 0.3 is 5.97 Å². The van der Waals surface area contributed by atoms with E-state index in [4.69, 9.17) is 17.3 Å². The van der Waals surface area contributed by atoms with Crippen molar-refractivity contribution in [1.29, 1.82) is 0 Å². The molecule has 7 heteroatoms. The summed E-state index contributed by atoms with van der Waals surface area (Å²) in [5.41, 5.74) is 5.30. The van der Waals surface area contributed by atoms with Gasteiger partial charge in [0, 0.05) is 36.5 Å². The molecule has 2 aliphatic rings. The fraction of sp³-hybridized carbons (Fsp3) is 0.286. The molecule has 0 saturated carbocycles. The molecule has 0 unspecified atom stereocenters. The van der Waals surface area contributed by atoms with Crippen LogP contribution in [0, 0.1) is 6.92 Å². The summed E-state index contributed by atoms with van der Waals surface area (Å²) in [6.45, 7) is 8.59. The molecule has 0 aromatic heterocycles. The van der Waals surface area contributed by atoms with Gasteiger partial charge in [-0.25, -0.2) is 0 Å². The first-order valence-corrected chi connectivity index (χ1v) is 10.2. The highest BCUT2D eigenvalue weighted by Gasteiger charge is 2.33. The van der Waals surface area contributed by atoms with Crippen LogP contribution in [0.4, 0.5) is 5.69 Å². The zero-order valence-electron chi connectivity index (χ0n) is 15.9. The Labute approximate surface area is 174 Å². The van der Waals surface area contributed by atoms with Gasteiger partial charge in [-0.2, -0.15) is 0 Å². The molecule has 1 aromatic rings. The number of carboxylic acid groups (broad SMARTS) is 1. The standard InChI is InChI=1S/C21H22N2O3S2/c1-13-6-8-17(9-7-13)23-14(2)11-16(15(23)3)12-18-20(26)22(21(27)28-18)10-4-5-19(24)25/h6-9,12H,2,4-5,10-11H2,1,3H3,(H,24,25). The number of anilines is 1. The van der Waals surface area contributed by atoms with Crippen LogP contribution in [0.3, 0.4) is 0 Å². The van der Waals surface area contributed by atoms with Crippen LogP contribution in [0.1, 0.15) is 31.7 Å². The zero-order chi connectivity index (χ0) is 20.4. The van der Waals surface area contributed by atoms with E-state index >= 15 is 0 Å². The van der Waals surface area contributed by atoms with Crippen LogP contribution in [-0.2, 0) is 9.59 Å². The number of aliphatic carboxylic acids is 1. The Kier molecular flexibility index (Phi) is 6.05. The monoisotopic (exact) mass is 414 g/mol. The van der Waals surface area contributed by atoms with Gasteiger partial charge < -0.3 is 10.0 Å². The van der Waals surface area contributed by atoms with Gasteiger partial charge in [-0.3, -0.25) is 14.5 Å². The molecule has 0 atom stereocenters. The van der Waals surface area contributed by atoms with Crippen molar-refractivity contribution in [1.82, 2.24) is 4.90 Å². The number of carbonyl (C=O) groups is 2. The third-order valence-electron chi connectivity index (χ3n) is 4.75. The number of carboxylic acids is 1. The smallest absolute Gasteiger partial charge is 0.303 e. The van der Waals surface area contributed by atoms with E-state index < -0.39 is 5.97 Å². The number of rotatable bonds is 6. The third-order valence-corrected chi connectivity index (χ3v) is 6.13. The predicted octanol–water partition coefficient (Wildman–Crippen LogP) is 4.60. The summed E-state index contributed by atoms with van der Waals surface area (Å²) in [5, 5.41) is 8.78. The molecule has 0 aliphatic carbocycles. The summed E-state index contributed by atoms with van der Waals surface area (Å²) in [6, 6.07) is 8.26. The lowest BCUT2D eigenvalue weighted by atomic mass is 10.1. The minimum Gasteiger partial charge on any atom is -0.481 e. The van der Waals surface area contributed by atoms with Crippen LogP contribution >= 0.6 is 24.0 Å². The lowest BCUT2D eigenvalue weighted by Gasteiger charge is -2.21. The van der Waals surface area contributed by atoms with E-state index in [1.165, 1.54) is 22.2 Å². The van der Waals surface area contributed by atoms with Gasteiger partial charge in [0.05, 0.1) is 4.91 Å². The Hall–Kier alpha value is -2.38. The largest absolute Gasteiger partial charge is 0.481 e. The molecule has 28 heavy (non-hydrogen) atoms. The highest BCUT2D eigenvalue weighted by atomic mass is 32.2. The van der Waals surface area contributed by atoms with Crippen molar-refractivity contribution in [2.24, 2.45) is 0 Å². The van der Waals surface area contributed by atoms with Crippen molar-refractivity contribution in [2.45, 2.75) is 33.1 Å². The van der Waals surface area contributed by atoms with Gasteiger partial charge in [0.25, 0.3) is 5.91 Å². The molecule has 2 heterocycles. The van der Waals surface area contributed by atoms with Crippen molar-refractivity contribution in [3.8, 4) is 0 Å². The molecular weight excluding hydrogens is 392 g/mol. The summed E-state index contributed by atoms with van der Waals surface area (Å²) < 4.78 is 0.479. The molecule has 5 nitrogen and oxygen atoms in total. The van der Waals surface area contributed by atoms with Gasteiger partial charge in [0.2, 0.25) is 0 Å². The number of allylic oxidation sites excluding steroid dienone is 3. The number of aryl methyl sites for hydroxylation is 1. The maximum Gasteiger partial charge on any atom is 0.303 e. The molecule has 1 aromatic carbocycles. The number of benzene rings is 1. The number of hydrogen-bond acceptors (Lipinski definition) is 5. The molecule has 3 rings (SSSR count). The lowest BCUT2D eigenvalue weighted by molar-refractivity contribution is -0.137. The maximum atomic E-state index is 12.7. The number of hydrogen-bond donors (Lipinski definition) is 1. The highest BCUT2D eigenvalue weighted by Crippen LogP contribution is 2.39. The van der Waals surface area contributed by atoms with Crippen molar-refractivity contribution in [2.75, 3.05) is 11.4 Å². The average Bonchev–Trinajstić information content (AvgIpc) is 3.06. The average molecular weight is 415 g/mol. The van der Waals surface area contributed by atoms with Gasteiger partial charge in [-0.1, -0.05) is 48.3 Å². The van der Waals surface area contributed by atoms with E-state index in [9.17, 15) is 9.59 Å². The minimum atomic E-state index is -0.873. The van der Waals surface area contributed by atoms with E-state index in [1.807, 2.05) is 13.0 Å². The van der Waals surface area contributed by atoms with E-state index in [2.05, 4.69) is 42.7 Å². The third kappa shape index (κ3) is 4.20. The van der Waals surface area contributed by atoms with Gasteiger partial charge in [-0.15, -0.1) is 0 Å². The Balaban J connectivity index is 1.79. The van der Waals surface area contributed by atoms with Crippen LogP contribution < -0.4 is 4.90 Å². The Morgan fingerprint density at radius 3 is 2.64 bits per heavy atom. The molecule has 1 fully saturated rings. The summed E-state index contributed by atoms with van der Waals surface area (Å²) in [6.07, 6.45) is 2.97. The first-order chi connectivity index (χ1) is 13.3. The molecule has 0 spiro atoms. The number of carbonyl (C=O) groups excluding carboxylic acids is 1. The number of nitrogens with zero attached hydrogens (tertiary/aromatic N) is 2. The van der Waals surface area contributed by atoms with Crippen LogP contribution in [0.2, 0.25) is 0 Å². The Bertz CT molecular complexity index is 916. The SMILES string of the molecule is C=C1CC(C=C2SC(=S)N(CCCC(=O)O)C2=O)=C(C)N1c1ccc(C)cc1. The number of amides is 1. The second-order valence-corrected chi connectivity index (χ2v) is 8.53. The summed E-state index contributed by atoms with van der Waals surface area (Å²) in [7, 11) is 0. The topological polar surface area (TPSA) is 60.9 Å². The minimum absolute atomic E-state index is 0.0195. The number of thioether (sulfide) groups is 1. The van der Waals surface area contributed by atoms with Crippen LogP contribution in [0.5, 0.6) is 0 Å². The van der Waals surface area contributed by atoms with E-state index in [-0.39, 0.29) is 12.3 Å². The highest BCUT2D eigenvalue weighted by molar-refractivity contribution is 8.26. The van der Waals surface area contributed by atoms with Gasteiger partial charge in [-0.05, 0) is 44.1 Å². The fourth-order valence-electron chi connectivity index (χ4n) is 3.27. The van der Waals surface area contributed by atoms with E-state index in [1.54, 1.807) is 0 Å². The second kappa shape index (κ2) is 8.32. The van der Waals surface area contributed by atoms with Gasteiger partial charge in [0.1, 0.15) is 4.32 Å². The summed E-state index contributed by atoms with van der Waals surface area (Å²) in [4.78, 5) is 27.6. The quantitative estimate of drug-likeness (QED) is 0.542. The Morgan fingerprint density at radius 2 is 2.00 bits per heavy atom. The Morgan fingerprint density at radius 1 is 1.32 bits per heavy atom. The molecule has 1 amide bonds. The van der Waals surface area contributed by atoms with Crippen LogP contribution in [0.25, 0.3) is 0 Å².